The second kappa shape index (κ2) is 9.83. The molecule has 0 bridgehead atoms. The molecule has 1 N–H and O–H groups in total. The zero-order chi connectivity index (χ0) is 26.9. The first-order valence-corrected chi connectivity index (χ1v) is 12.1. The minimum atomic E-state index is -0.528. The van der Waals surface area contributed by atoms with Crippen molar-refractivity contribution in [3.8, 4) is 28.4 Å². The van der Waals surface area contributed by atoms with Gasteiger partial charge in [0.2, 0.25) is 0 Å². The molecule has 0 atom stereocenters. The number of ether oxygens (including phenoxy) is 1. The van der Waals surface area contributed by atoms with Crippen LogP contribution < -0.4 is 15.7 Å². The third kappa shape index (κ3) is 4.48. The van der Waals surface area contributed by atoms with Gasteiger partial charge in [-0.25, -0.2) is 14.4 Å². The summed E-state index contributed by atoms with van der Waals surface area (Å²) in [6.45, 7) is 0. The third-order valence-corrected chi connectivity index (χ3v) is 6.42. The molecule has 0 spiro atoms. The number of halogens is 1. The topological polar surface area (TPSA) is 86.1 Å². The van der Waals surface area contributed by atoms with Gasteiger partial charge >= 0.3 is 0 Å². The van der Waals surface area contributed by atoms with Crippen LogP contribution in [0.2, 0.25) is 0 Å². The summed E-state index contributed by atoms with van der Waals surface area (Å²) in [7, 11) is 1.55. The number of nitrogens with one attached hydrogen (secondary N) is 1. The van der Waals surface area contributed by atoms with Crippen molar-refractivity contribution in [3.63, 3.8) is 0 Å². The fraction of sp³-hybridized carbons (Fsp3) is 0.0323. The van der Waals surface area contributed by atoms with E-state index in [2.05, 4.69) is 10.4 Å². The zero-order valence-electron chi connectivity index (χ0n) is 20.8. The highest BCUT2D eigenvalue weighted by atomic mass is 19.1. The van der Waals surface area contributed by atoms with Crippen molar-refractivity contribution in [2.45, 2.75) is 0 Å². The Balaban J connectivity index is 1.52. The summed E-state index contributed by atoms with van der Waals surface area (Å²) in [4.78, 5) is 36.9. The average Bonchev–Trinajstić information content (AvgIpc) is 2.98. The van der Waals surface area contributed by atoms with E-state index in [0.29, 0.717) is 49.9 Å². The van der Waals surface area contributed by atoms with Crippen LogP contribution in [-0.2, 0) is 0 Å². The lowest BCUT2D eigenvalue weighted by Gasteiger charge is -2.16. The lowest BCUT2D eigenvalue weighted by atomic mass is 10.0. The largest absolute Gasteiger partial charge is 0.497 e. The summed E-state index contributed by atoms with van der Waals surface area (Å²) in [5.41, 5.74) is 5.47. The van der Waals surface area contributed by atoms with E-state index >= 15 is 0 Å². The Morgan fingerprint density at radius 2 is 1.49 bits per heavy atom. The second-order valence-corrected chi connectivity index (χ2v) is 8.85. The van der Waals surface area contributed by atoms with Crippen LogP contribution in [0.15, 0.2) is 108 Å². The van der Waals surface area contributed by atoms with Gasteiger partial charge in [-0.2, -0.15) is 4.68 Å². The van der Waals surface area contributed by atoms with Crippen molar-refractivity contribution in [2.24, 2.45) is 0 Å². The predicted octanol–water partition coefficient (Wildman–Crippen LogP) is 5.81. The van der Waals surface area contributed by atoms with E-state index in [1.807, 2.05) is 12.1 Å². The normalized spacial score (nSPS) is 11.0. The highest BCUT2D eigenvalue weighted by molar-refractivity contribution is 6.10. The molecule has 0 saturated carbocycles. The highest BCUT2D eigenvalue weighted by Crippen LogP contribution is 2.26. The van der Waals surface area contributed by atoms with Gasteiger partial charge < -0.3 is 4.74 Å². The van der Waals surface area contributed by atoms with Gasteiger partial charge in [-0.05, 0) is 60.7 Å². The molecule has 6 rings (SSSR count). The number of rotatable bonds is 5. The molecule has 6 aromatic rings. The van der Waals surface area contributed by atoms with Gasteiger partial charge in [0, 0.05) is 16.5 Å². The third-order valence-electron chi connectivity index (χ3n) is 6.42. The molecule has 190 valence electrons. The molecule has 0 aliphatic heterocycles. The maximum atomic E-state index is 13.8. The van der Waals surface area contributed by atoms with Crippen LogP contribution in [0.4, 0.5) is 4.39 Å². The molecule has 39 heavy (non-hydrogen) atoms. The molecular formula is C31H21FN4O3. The Bertz CT molecular complexity index is 1930. The minimum Gasteiger partial charge on any atom is -0.497 e. The molecule has 0 aliphatic carbocycles. The number of hydrogen-bond acceptors (Lipinski definition) is 5. The smallest absolute Gasteiger partial charge is 0.280 e. The van der Waals surface area contributed by atoms with Crippen LogP contribution in [0, 0.1) is 5.82 Å². The van der Waals surface area contributed by atoms with Crippen molar-refractivity contribution < 1.29 is 13.9 Å². The molecule has 0 aliphatic rings. The molecule has 0 saturated heterocycles. The summed E-state index contributed by atoms with van der Waals surface area (Å²) in [5, 5.41) is 0.960. The first-order valence-electron chi connectivity index (χ1n) is 12.1. The summed E-state index contributed by atoms with van der Waals surface area (Å²) < 4.78 is 20.1. The van der Waals surface area contributed by atoms with Gasteiger partial charge in [0.05, 0.1) is 34.8 Å². The van der Waals surface area contributed by atoms with E-state index in [1.165, 1.54) is 12.1 Å². The van der Waals surface area contributed by atoms with Gasteiger partial charge in [-0.3, -0.25) is 15.0 Å². The quantitative estimate of drug-likeness (QED) is 0.313. The van der Waals surface area contributed by atoms with E-state index in [9.17, 15) is 14.0 Å². The average molecular weight is 517 g/mol. The molecule has 7 nitrogen and oxygen atoms in total. The number of pyridine rings is 1. The number of nitrogens with zero attached hydrogens (tertiary/aromatic N) is 3. The van der Waals surface area contributed by atoms with Gasteiger partial charge in [0.1, 0.15) is 11.6 Å². The molecule has 2 heterocycles. The van der Waals surface area contributed by atoms with E-state index in [0.717, 1.165) is 4.68 Å². The number of para-hydroxylation sites is 2. The van der Waals surface area contributed by atoms with Crippen LogP contribution in [0.25, 0.3) is 44.5 Å². The van der Waals surface area contributed by atoms with Crippen molar-refractivity contribution in [1.82, 2.24) is 14.6 Å². The molecule has 0 unspecified atom stereocenters. The number of fused-ring (bicyclic) bond motifs is 2. The summed E-state index contributed by atoms with van der Waals surface area (Å²) in [6.07, 6.45) is 0. The number of carbonyl (C=O) groups is 1. The standard InChI is InChI=1S/C31H21FN4O3/c1-39-22-8-6-7-20(17-22)29-34-27-12-5-3-10-24(27)31(38)36(29)35-30(37)25-18-28(19-13-15-21(32)16-14-19)33-26-11-4-2-9-23(25)26/h2-18H,1H3,(H,35,37). The van der Waals surface area contributed by atoms with Crippen molar-refractivity contribution in [1.29, 1.82) is 0 Å². The number of amides is 1. The van der Waals surface area contributed by atoms with Crippen molar-refractivity contribution in [3.05, 3.63) is 125 Å². The minimum absolute atomic E-state index is 0.253. The van der Waals surface area contributed by atoms with Crippen LogP contribution >= 0.6 is 0 Å². The van der Waals surface area contributed by atoms with Gasteiger partial charge in [-0.1, -0.05) is 42.5 Å². The number of benzene rings is 4. The first kappa shape index (κ1) is 24.0. The Morgan fingerprint density at radius 1 is 0.795 bits per heavy atom. The first-order chi connectivity index (χ1) is 19.0. The second-order valence-electron chi connectivity index (χ2n) is 8.85. The molecule has 4 aromatic carbocycles. The number of methoxy groups -OCH3 is 1. The molecular weight excluding hydrogens is 495 g/mol. The molecule has 1 amide bonds. The maximum Gasteiger partial charge on any atom is 0.280 e. The summed E-state index contributed by atoms with van der Waals surface area (Å²) in [6, 6.07) is 28.8. The fourth-order valence-electron chi connectivity index (χ4n) is 4.49. The zero-order valence-corrected chi connectivity index (χ0v) is 20.8. The van der Waals surface area contributed by atoms with Gasteiger partial charge in [-0.15, -0.1) is 0 Å². The Morgan fingerprint density at radius 3 is 2.23 bits per heavy atom. The molecule has 2 aromatic heterocycles. The SMILES string of the molecule is COc1cccc(-c2nc3ccccc3c(=O)n2NC(=O)c2cc(-c3ccc(F)cc3)nc3ccccc23)c1. The lowest BCUT2D eigenvalue weighted by Crippen LogP contribution is -2.35. The van der Waals surface area contributed by atoms with Crippen LogP contribution in [0.5, 0.6) is 5.75 Å². The predicted molar refractivity (Wildman–Crippen MR) is 149 cm³/mol. The Hall–Kier alpha value is -5.37. The van der Waals surface area contributed by atoms with Crippen molar-refractivity contribution >= 4 is 27.7 Å². The van der Waals surface area contributed by atoms with E-state index in [4.69, 9.17) is 9.72 Å². The van der Waals surface area contributed by atoms with Crippen LogP contribution in [0.3, 0.4) is 0 Å². The summed E-state index contributed by atoms with van der Waals surface area (Å²) in [5.74, 6) is -0.0639. The van der Waals surface area contributed by atoms with Crippen LogP contribution in [0.1, 0.15) is 10.4 Å². The Kier molecular flexibility index (Phi) is 6.05. The molecule has 8 heteroatoms. The number of carbonyl (C=O) groups excluding carboxylic acids is 1. The molecule has 0 radical (unpaired) electrons. The van der Waals surface area contributed by atoms with E-state index < -0.39 is 11.5 Å². The van der Waals surface area contributed by atoms with E-state index in [1.54, 1.807) is 86.0 Å². The van der Waals surface area contributed by atoms with Crippen LogP contribution in [-0.4, -0.2) is 27.7 Å². The van der Waals surface area contributed by atoms with Gasteiger partial charge in [0.25, 0.3) is 11.5 Å². The maximum absolute atomic E-state index is 13.8. The van der Waals surface area contributed by atoms with Gasteiger partial charge in [0.15, 0.2) is 5.82 Å². The monoisotopic (exact) mass is 516 g/mol. The Labute approximate surface area is 222 Å². The van der Waals surface area contributed by atoms with Crippen molar-refractivity contribution in [2.75, 3.05) is 12.5 Å². The lowest BCUT2D eigenvalue weighted by molar-refractivity contribution is 0.101. The summed E-state index contributed by atoms with van der Waals surface area (Å²) >= 11 is 0. The number of hydrogen-bond donors (Lipinski definition) is 1. The van der Waals surface area contributed by atoms with E-state index in [-0.39, 0.29) is 11.6 Å². The number of aromatic nitrogens is 3. The highest BCUT2D eigenvalue weighted by Gasteiger charge is 2.19. The molecule has 0 fully saturated rings. The fourth-order valence-corrected chi connectivity index (χ4v) is 4.49.